The van der Waals surface area contributed by atoms with Crippen LogP contribution < -0.4 is 5.32 Å². The third kappa shape index (κ3) is 3.24. The minimum Gasteiger partial charge on any atom is -0.390 e. The largest absolute Gasteiger partial charge is 0.390 e. The number of aliphatic hydroxyl groups is 1. The molecule has 0 saturated carbocycles. The van der Waals surface area contributed by atoms with Crippen LogP contribution in [-0.2, 0) is 0 Å². The number of nitrogens with zero attached hydrogens (tertiary/aromatic N) is 2. The molecule has 0 aliphatic heterocycles. The number of halogens is 1. The van der Waals surface area contributed by atoms with E-state index in [1.54, 1.807) is 0 Å². The average molecular weight is 266 g/mol. The molecule has 0 saturated heterocycles. The number of aliphatic hydroxyl groups excluding tert-OH is 1. The summed E-state index contributed by atoms with van der Waals surface area (Å²) in [5.41, 5.74) is 2.95. The van der Waals surface area contributed by atoms with Gasteiger partial charge in [-0.05, 0) is 37.3 Å². The number of nitrogens with one attached hydrogen (secondary N) is 1. The lowest BCUT2D eigenvalue weighted by molar-refractivity contribution is 0.211. The van der Waals surface area contributed by atoms with Gasteiger partial charge in [0.15, 0.2) is 0 Å². The van der Waals surface area contributed by atoms with E-state index in [1.807, 2.05) is 48.1 Å². The summed E-state index contributed by atoms with van der Waals surface area (Å²) in [7, 11) is 0. The van der Waals surface area contributed by atoms with Crippen LogP contribution in [-0.4, -0.2) is 33.4 Å². The fourth-order valence-electron chi connectivity index (χ4n) is 1.58. The Morgan fingerprint density at radius 1 is 1.33 bits per heavy atom. The molecule has 1 aromatic carbocycles. The normalized spacial score (nSPS) is 12.4. The standard InChI is InChI=1S/C13H16ClN3O/c1-10-6-7-17(16-10)12-4-2-11(3-5-12)15-9-13(18)8-14/h2-7,13,15,18H,8-9H2,1H3. The first kappa shape index (κ1) is 12.9. The van der Waals surface area contributed by atoms with Gasteiger partial charge in [0.25, 0.3) is 0 Å². The van der Waals surface area contributed by atoms with E-state index in [0.717, 1.165) is 17.1 Å². The third-order valence-corrected chi connectivity index (χ3v) is 2.93. The lowest BCUT2D eigenvalue weighted by atomic mass is 10.2. The van der Waals surface area contributed by atoms with Crippen LogP contribution in [0.3, 0.4) is 0 Å². The second-order valence-corrected chi connectivity index (χ2v) is 4.45. The van der Waals surface area contributed by atoms with Crippen molar-refractivity contribution in [2.75, 3.05) is 17.7 Å². The van der Waals surface area contributed by atoms with Gasteiger partial charge in [0.05, 0.1) is 23.4 Å². The van der Waals surface area contributed by atoms with Crippen molar-refractivity contribution < 1.29 is 5.11 Å². The lowest BCUT2D eigenvalue weighted by Crippen LogP contribution is -2.20. The topological polar surface area (TPSA) is 50.1 Å². The molecule has 18 heavy (non-hydrogen) atoms. The number of aromatic nitrogens is 2. The summed E-state index contributed by atoms with van der Waals surface area (Å²) in [5, 5.41) is 16.8. The minimum absolute atomic E-state index is 0.234. The van der Waals surface area contributed by atoms with Crippen LogP contribution in [0.2, 0.25) is 0 Å². The second-order valence-electron chi connectivity index (χ2n) is 4.14. The van der Waals surface area contributed by atoms with E-state index in [4.69, 9.17) is 11.6 Å². The van der Waals surface area contributed by atoms with Crippen molar-refractivity contribution in [2.24, 2.45) is 0 Å². The predicted molar refractivity (Wildman–Crippen MR) is 73.5 cm³/mol. The fraction of sp³-hybridized carbons (Fsp3) is 0.308. The van der Waals surface area contributed by atoms with E-state index in [9.17, 15) is 5.11 Å². The van der Waals surface area contributed by atoms with Crippen LogP contribution in [0.1, 0.15) is 5.69 Å². The van der Waals surface area contributed by atoms with Crippen molar-refractivity contribution >= 4 is 17.3 Å². The van der Waals surface area contributed by atoms with E-state index in [1.165, 1.54) is 0 Å². The minimum atomic E-state index is -0.528. The zero-order valence-electron chi connectivity index (χ0n) is 10.2. The van der Waals surface area contributed by atoms with Gasteiger partial charge >= 0.3 is 0 Å². The Morgan fingerprint density at radius 3 is 2.61 bits per heavy atom. The summed E-state index contributed by atoms with van der Waals surface area (Å²) in [6.45, 7) is 2.41. The molecule has 0 spiro atoms. The Morgan fingerprint density at radius 2 is 2.06 bits per heavy atom. The second kappa shape index (κ2) is 5.89. The van der Waals surface area contributed by atoms with Gasteiger partial charge in [-0.2, -0.15) is 5.10 Å². The van der Waals surface area contributed by atoms with Gasteiger partial charge in [0.2, 0.25) is 0 Å². The highest BCUT2D eigenvalue weighted by atomic mass is 35.5. The molecule has 0 amide bonds. The number of benzene rings is 1. The number of anilines is 1. The molecule has 2 rings (SSSR count). The van der Waals surface area contributed by atoms with E-state index in [2.05, 4.69) is 10.4 Å². The number of hydrogen-bond donors (Lipinski definition) is 2. The monoisotopic (exact) mass is 265 g/mol. The molecule has 1 heterocycles. The van der Waals surface area contributed by atoms with Crippen molar-refractivity contribution in [1.82, 2.24) is 9.78 Å². The highest BCUT2D eigenvalue weighted by molar-refractivity contribution is 6.18. The van der Waals surface area contributed by atoms with Crippen molar-refractivity contribution in [3.05, 3.63) is 42.2 Å². The Bertz CT molecular complexity index is 495. The molecular weight excluding hydrogens is 250 g/mol. The molecule has 2 N–H and O–H groups in total. The van der Waals surface area contributed by atoms with E-state index >= 15 is 0 Å². The molecule has 4 nitrogen and oxygen atoms in total. The summed E-state index contributed by atoms with van der Waals surface area (Å²) < 4.78 is 1.83. The molecule has 5 heteroatoms. The average Bonchev–Trinajstić information content (AvgIpc) is 2.83. The summed E-state index contributed by atoms with van der Waals surface area (Å²) in [6.07, 6.45) is 1.40. The first-order valence-electron chi connectivity index (χ1n) is 5.79. The van der Waals surface area contributed by atoms with Crippen LogP contribution in [0.5, 0.6) is 0 Å². The molecule has 1 unspecified atom stereocenters. The first-order valence-corrected chi connectivity index (χ1v) is 6.33. The molecule has 0 aliphatic rings. The van der Waals surface area contributed by atoms with Crippen molar-refractivity contribution in [2.45, 2.75) is 13.0 Å². The molecule has 0 radical (unpaired) electrons. The smallest absolute Gasteiger partial charge is 0.0847 e. The van der Waals surface area contributed by atoms with Gasteiger partial charge in [-0.15, -0.1) is 11.6 Å². The van der Waals surface area contributed by atoms with Gasteiger partial charge < -0.3 is 10.4 Å². The molecule has 1 aromatic heterocycles. The molecule has 96 valence electrons. The molecular formula is C13H16ClN3O. The quantitative estimate of drug-likeness (QED) is 0.815. The van der Waals surface area contributed by atoms with E-state index in [-0.39, 0.29) is 5.88 Å². The Kier molecular flexibility index (Phi) is 4.23. The van der Waals surface area contributed by atoms with Crippen LogP contribution in [0, 0.1) is 6.92 Å². The molecule has 0 bridgehead atoms. The summed E-state index contributed by atoms with van der Waals surface area (Å²) in [5.74, 6) is 0.234. The highest BCUT2D eigenvalue weighted by Gasteiger charge is 2.02. The molecule has 0 fully saturated rings. The maximum absolute atomic E-state index is 9.35. The van der Waals surface area contributed by atoms with Gasteiger partial charge in [-0.1, -0.05) is 0 Å². The predicted octanol–water partition coefficient (Wildman–Crippen LogP) is 2.19. The molecule has 0 aliphatic carbocycles. The fourth-order valence-corrected chi connectivity index (χ4v) is 1.69. The maximum Gasteiger partial charge on any atom is 0.0847 e. The number of aryl methyl sites for hydroxylation is 1. The lowest BCUT2D eigenvalue weighted by Gasteiger charge is -2.10. The van der Waals surface area contributed by atoms with Crippen LogP contribution in [0.4, 0.5) is 5.69 Å². The first-order chi connectivity index (χ1) is 8.69. The van der Waals surface area contributed by atoms with Crippen molar-refractivity contribution in [3.8, 4) is 5.69 Å². The summed E-state index contributed by atoms with van der Waals surface area (Å²) in [4.78, 5) is 0. The van der Waals surface area contributed by atoms with Crippen LogP contribution in [0.15, 0.2) is 36.5 Å². The van der Waals surface area contributed by atoms with Gasteiger partial charge in [0.1, 0.15) is 0 Å². The molecule has 2 aromatic rings. The van der Waals surface area contributed by atoms with Gasteiger partial charge in [0, 0.05) is 18.4 Å². The Balaban J connectivity index is 2.01. The summed E-state index contributed by atoms with van der Waals surface area (Å²) >= 11 is 5.52. The SMILES string of the molecule is Cc1ccn(-c2ccc(NCC(O)CCl)cc2)n1. The highest BCUT2D eigenvalue weighted by Crippen LogP contribution is 2.13. The van der Waals surface area contributed by atoms with Crippen LogP contribution in [0.25, 0.3) is 5.69 Å². The van der Waals surface area contributed by atoms with E-state index in [0.29, 0.717) is 6.54 Å². The maximum atomic E-state index is 9.35. The van der Waals surface area contributed by atoms with Crippen LogP contribution >= 0.6 is 11.6 Å². The number of rotatable bonds is 5. The number of hydrogen-bond acceptors (Lipinski definition) is 3. The molecule has 1 atom stereocenters. The Labute approximate surface area is 111 Å². The Hall–Kier alpha value is -1.52. The van der Waals surface area contributed by atoms with Crippen molar-refractivity contribution in [1.29, 1.82) is 0 Å². The summed E-state index contributed by atoms with van der Waals surface area (Å²) in [6, 6.07) is 9.81. The number of alkyl halides is 1. The van der Waals surface area contributed by atoms with Gasteiger partial charge in [-0.25, -0.2) is 4.68 Å². The van der Waals surface area contributed by atoms with Crippen molar-refractivity contribution in [3.63, 3.8) is 0 Å². The van der Waals surface area contributed by atoms with Gasteiger partial charge in [-0.3, -0.25) is 0 Å². The van der Waals surface area contributed by atoms with E-state index < -0.39 is 6.10 Å². The third-order valence-electron chi connectivity index (χ3n) is 2.57. The zero-order chi connectivity index (χ0) is 13.0. The zero-order valence-corrected chi connectivity index (χ0v) is 10.9.